The summed E-state index contributed by atoms with van der Waals surface area (Å²) < 4.78 is 0. The van der Waals surface area contributed by atoms with Crippen LogP contribution in [-0.4, -0.2) is 47.5 Å². The fraction of sp³-hybridized carbons (Fsp3) is 0.438. The number of aryl methyl sites for hydroxylation is 2. The molecule has 0 spiro atoms. The number of rotatable bonds is 9. The molecule has 24 heavy (non-hydrogen) atoms. The Morgan fingerprint density at radius 2 is 1.62 bits per heavy atom. The molecule has 0 aliphatic rings. The van der Waals surface area contributed by atoms with Crippen LogP contribution in [0.4, 0.5) is 5.69 Å². The second-order valence-electron chi connectivity index (χ2n) is 5.12. The van der Waals surface area contributed by atoms with Gasteiger partial charge >= 0.3 is 35.5 Å². The Balaban J connectivity index is 0.00000529. The van der Waals surface area contributed by atoms with Crippen LogP contribution in [-0.2, 0) is 27.2 Å². The van der Waals surface area contributed by atoms with Gasteiger partial charge < -0.3 is 20.3 Å². The van der Waals surface area contributed by atoms with Crippen LogP contribution in [0.15, 0.2) is 18.2 Å². The number of anilines is 1. The van der Waals surface area contributed by atoms with Crippen molar-refractivity contribution >= 4 is 23.5 Å². The van der Waals surface area contributed by atoms with Gasteiger partial charge in [0.15, 0.2) is 0 Å². The van der Waals surface area contributed by atoms with Crippen LogP contribution in [0.1, 0.15) is 25.0 Å². The monoisotopic (exact) mass is 344 g/mol. The molecule has 0 saturated heterocycles. The van der Waals surface area contributed by atoms with Crippen LogP contribution < -0.4 is 40.0 Å². The van der Waals surface area contributed by atoms with E-state index in [1.54, 1.807) is 0 Å². The maximum absolute atomic E-state index is 12.2. The molecule has 0 saturated carbocycles. The minimum absolute atomic E-state index is 0. The van der Waals surface area contributed by atoms with Crippen LogP contribution in [0, 0.1) is 0 Å². The summed E-state index contributed by atoms with van der Waals surface area (Å²) in [6.07, 6.45) is 1.47. The average Bonchev–Trinajstić information content (AvgIpc) is 2.45. The predicted octanol–water partition coefficient (Wildman–Crippen LogP) is -3.11. The Labute approximate surface area is 163 Å². The molecule has 1 aromatic rings. The third-order valence-corrected chi connectivity index (χ3v) is 3.34. The zero-order valence-corrected chi connectivity index (χ0v) is 16.3. The van der Waals surface area contributed by atoms with E-state index in [0.29, 0.717) is 5.69 Å². The molecule has 0 fully saturated rings. The number of hydrogen-bond acceptors (Lipinski definition) is 5. The van der Waals surface area contributed by atoms with Crippen LogP contribution >= 0.6 is 0 Å². The number of para-hydroxylation sites is 1. The van der Waals surface area contributed by atoms with Crippen LogP contribution in [0.3, 0.4) is 0 Å². The van der Waals surface area contributed by atoms with Crippen molar-refractivity contribution in [1.82, 2.24) is 4.90 Å². The summed E-state index contributed by atoms with van der Waals surface area (Å²) in [5.74, 6) is -3.09. The predicted molar refractivity (Wildman–Crippen MR) is 82.9 cm³/mol. The van der Waals surface area contributed by atoms with E-state index in [9.17, 15) is 19.5 Å². The number of nitrogens with one attached hydrogen (secondary N) is 1. The first kappa shape index (κ1) is 22.6. The SMILES string of the molecule is CCc1cccc(CC)c1NC(=O)CN(CC(=O)[O-])CC(=O)O.[Na+]. The molecule has 0 unspecified atom stereocenters. The molecule has 1 amide bonds. The molecule has 0 bridgehead atoms. The molecule has 0 aromatic heterocycles. The van der Waals surface area contributed by atoms with Gasteiger partial charge in [0, 0.05) is 12.2 Å². The zero-order valence-electron chi connectivity index (χ0n) is 14.3. The normalized spacial score (nSPS) is 10.1. The molecular weight excluding hydrogens is 323 g/mol. The summed E-state index contributed by atoms with van der Waals surface area (Å²) in [5, 5.41) is 22.2. The number of amides is 1. The average molecular weight is 344 g/mol. The molecule has 0 heterocycles. The summed E-state index contributed by atoms with van der Waals surface area (Å²) in [7, 11) is 0. The third kappa shape index (κ3) is 7.44. The Bertz CT molecular complexity index is 554. The van der Waals surface area contributed by atoms with E-state index >= 15 is 0 Å². The standard InChI is InChI=1S/C16H22N2O5.Na/c1-3-11-6-5-7-12(4-2)16(11)17-13(19)8-18(9-14(20)21)10-15(22)23;/h5-7H,3-4,8-10H2,1-2H3,(H,17,19)(H,20,21)(H,22,23);/q;+1/p-1. The summed E-state index contributed by atoms with van der Waals surface area (Å²) in [6, 6.07) is 5.73. The van der Waals surface area contributed by atoms with Gasteiger partial charge in [0.1, 0.15) is 0 Å². The van der Waals surface area contributed by atoms with Gasteiger partial charge in [-0.25, -0.2) is 0 Å². The molecule has 126 valence electrons. The zero-order chi connectivity index (χ0) is 17.4. The van der Waals surface area contributed by atoms with E-state index in [0.717, 1.165) is 28.9 Å². The molecule has 1 aromatic carbocycles. The quantitative estimate of drug-likeness (QED) is 0.459. The minimum atomic E-state index is -1.43. The molecule has 7 nitrogen and oxygen atoms in total. The molecular formula is C16H21N2NaO5. The van der Waals surface area contributed by atoms with Crippen LogP contribution in [0.5, 0.6) is 0 Å². The van der Waals surface area contributed by atoms with Crippen molar-refractivity contribution < 1.29 is 54.2 Å². The first-order valence-electron chi connectivity index (χ1n) is 7.41. The van der Waals surface area contributed by atoms with E-state index in [1.807, 2.05) is 32.0 Å². The first-order valence-corrected chi connectivity index (χ1v) is 7.41. The Kier molecular flexibility index (Phi) is 10.5. The van der Waals surface area contributed by atoms with Gasteiger partial charge in [-0.3, -0.25) is 14.5 Å². The minimum Gasteiger partial charge on any atom is -0.549 e. The number of carboxylic acid groups (broad SMARTS) is 2. The van der Waals surface area contributed by atoms with E-state index in [-0.39, 0.29) is 36.1 Å². The number of carboxylic acids is 2. The number of nitrogens with zero attached hydrogens (tertiary/aromatic N) is 1. The maximum Gasteiger partial charge on any atom is 1.00 e. The number of carbonyl (C=O) groups is 3. The topological polar surface area (TPSA) is 110 Å². The van der Waals surface area contributed by atoms with Gasteiger partial charge in [0.2, 0.25) is 5.91 Å². The summed E-state index contributed by atoms with van der Waals surface area (Å²) in [5.41, 5.74) is 2.66. The van der Waals surface area contributed by atoms with Crippen molar-refractivity contribution in [3.63, 3.8) is 0 Å². The summed E-state index contributed by atoms with van der Waals surface area (Å²) in [6.45, 7) is 2.45. The summed E-state index contributed by atoms with van der Waals surface area (Å²) >= 11 is 0. The van der Waals surface area contributed by atoms with E-state index in [4.69, 9.17) is 5.11 Å². The Morgan fingerprint density at radius 3 is 2.04 bits per heavy atom. The van der Waals surface area contributed by atoms with Crippen molar-refractivity contribution in [2.24, 2.45) is 0 Å². The van der Waals surface area contributed by atoms with E-state index in [2.05, 4.69) is 5.32 Å². The maximum atomic E-state index is 12.2. The van der Waals surface area contributed by atoms with Crippen molar-refractivity contribution in [2.45, 2.75) is 26.7 Å². The van der Waals surface area contributed by atoms with Crippen molar-refractivity contribution in [1.29, 1.82) is 0 Å². The van der Waals surface area contributed by atoms with Gasteiger partial charge in [-0.05, 0) is 24.0 Å². The third-order valence-electron chi connectivity index (χ3n) is 3.34. The van der Waals surface area contributed by atoms with Crippen molar-refractivity contribution in [2.75, 3.05) is 25.0 Å². The smallest absolute Gasteiger partial charge is 0.549 e. The van der Waals surface area contributed by atoms with Gasteiger partial charge in [-0.15, -0.1) is 0 Å². The van der Waals surface area contributed by atoms with Gasteiger partial charge in [0.05, 0.1) is 19.1 Å². The molecule has 8 heteroatoms. The fourth-order valence-electron chi connectivity index (χ4n) is 2.33. The van der Waals surface area contributed by atoms with Gasteiger partial charge in [-0.1, -0.05) is 32.0 Å². The molecule has 0 aliphatic heterocycles. The second-order valence-corrected chi connectivity index (χ2v) is 5.12. The Hall–Kier alpha value is -1.41. The first-order chi connectivity index (χ1) is 10.9. The number of benzene rings is 1. The molecule has 2 N–H and O–H groups in total. The molecule has 0 radical (unpaired) electrons. The van der Waals surface area contributed by atoms with Crippen LogP contribution in [0.2, 0.25) is 0 Å². The second kappa shape index (κ2) is 11.2. The summed E-state index contributed by atoms with van der Waals surface area (Å²) in [4.78, 5) is 34.6. The van der Waals surface area contributed by atoms with Crippen molar-refractivity contribution in [3.05, 3.63) is 29.3 Å². The van der Waals surface area contributed by atoms with E-state index in [1.165, 1.54) is 0 Å². The number of aliphatic carboxylic acids is 2. The van der Waals surface area contributed by atoms with Crippen LogP contribution in [0.25, 0.3) is 0 Å². The molecule has 1 rings (SSSR count). The number of carbonyl (C=O) groups excluding carboxylic acids is 2. The van der Waals surface area contributed by atoms with Crippen molar-refractivity contribution in [3.8, 4) is 0 Å². The molecule has 0 atom stereocenters. The van der Waals surface area contributed by atoms with Gasteiger partial charge in [0.25, 0.3) is 0 Å². The largest absolute Gasteiger partial charge is 1.00 e. The van der Waals surface area contributed by atoms with Gasteiger partial charge in [-0.2, -0.15) is 0 Å². The fourth-order valence-corrected chi connectivity index (χ4v) is 2.33. The molecule has 0 aliphatic carbocycles. The number of hydrogen-bond donors (Lipinski definition) is 2. The Morgan fingerprint density at radius 1 is 1.08 bits per heavy atom. The van der Waals surface area contributed by atoms with E-state index < -0.39 is 30.9 Å².